The van der Waals surface area contributed by atoms with E-state index in [-0.39, 0.29) is 5.91 Å². The molecule has 0 bridgehead atoms. The average Bonchev–Trinajstić information content (AvgIpc) is 3.25. The highest BCUT2D eigenvalue weighted by Gasteiger charge is 2.21. The molecule has 1 N–H and O–H groups in total. The molecular weight excluding hydrogens is 384 g/mol. The van der Waals surface area contributed by atoms with Gasteiger partial charge in [-0.1, -0.05) is 23.7 Å². The lowest BCUT2D eigenvalue weighted by atomic mass is 10.1. The van der Waals surface area contributed by atoms with Gasteiger partial charge < -0.3 is 15.1 Å². The zero-order valence-electron chi connectivity index (χ0n) is 17.0. The Morgan fingerprint density at radius 2 is 1.69 bits per heavy atom. The molecule has 0 aliphatic carbocycles. The number of halogens is 1. The predicted molar refractivity (Wildman–Crippen MR) is 121 cm³/mol. The number of anilines is 3. The van der Waals surface area contributed by atoms with E-state index >= 15 is 0 Å². The van der Waals surface area contributed by atoms with Gasteiger partial charge in [0.1, 0.15) is 0 Å². The maximum atomic E-state index is 12.6. The summed E-state index contributed by atoms with van der Waals surface area (Å²) in [6.45, 7) is 8.20. The highest BCUT2D eigenvalue weighted by atomic mass is 35.5. The van der Waals surface area contributed by atoms with Crippen molar-refractivity contribution in [2.24, 2.45) is 0 Å². The van der Waals surface area contributed by atoms with Gasteiger partial charge in [0, 0.05) is 50.6 Å². The van der Waals surface area contributed by atoms with E-state index in [2.05, 4.69) is 45.1 Å². The second-order valence-electron chi connectivity index (χ2n) is 7.96. The van der Waals surface area contributed by atoms with Crippen LogP contribution in [0.4, 0.5) is 17.1 Å². The van der Waals surface area contributed by atoms with Crippen molar-refractivity contribution in [3.05, 3.63) is 53.1 Å². The van der Waals surface area contributed by atoms with Crippen LogP contribution in [0.25, 0.3) is 0 Å². The second-order valence-corrected chi connectivity index (χ2v) is 8.36. The minimum Gasteiger partial charge on any atom is -0.372 e. The van der Waals surface area contributed by atoms with Gasteiger partial charge in [0.05, 0.1) is 17.3 Å². The van der Waals surface area contributed by atoms with Crippen molar-refractivity contribution >= 4 is 34.6 Å². The number of rotatable bonds is 5. The second kappa shape index (κ2) is 9.06. The molecule has 2 heterocycles. The van der Waals surface area contributed by atoms with Gasteiger partial charge in [-0.3, -0.25) is 9.69 Å². The van der Waals surface area contributed by atoms with Crippen molar-refractivity contribution in [3.8, 4) is 0 Å². The van der Waals surface area contributed by atoms with Crippen molar-refractivity contribution in [2.75, 3.05) is 60.9 Å². The van der Waals surface area contributed by atoms with Crippen LogP contribution in [0.15, 0.2) is 42.5 Å². The average molecular weight is 413 g/mol. The SMILES string of the molecule is Cc1cc(N2CCCC2)ccc1NC(=O)CN1CCN(c2ccccc2Cl)CC1. The van der Waals surface area contributed by atoms with Crippen molar-refractivity contribution in [1.82, 2.24) is 4.90 Å². The number of nitrogens with one attached hydrogen (secondary N) is 1. The molecule has 6 heteroatoms. The molecule has 0 radical (unpaired) electrons. The third-order valence-electron chi connectivity index (χ3n) is 5.89. The fraction of sp³-hybridized carbons (Fsp3) is 0.435. The number of hydrogen-bond donors (Lipinski definition) is 1. The van der Waals surface area contributed by atoms with Gasteiger partial charge in [0.25, 0.3) is 0 Å². The molecule has 2 aliphatic rings. The smallest absolute Gasteiger partial charge is 0.238 e. The molecule has 0 saturated carbocycles. The number of para-hydroxylation sites is 1. The first-order valence-electron chi connectivity index (χ1n) is 10.5. The monoisotopic (exact) mass is 412 g/mol. The molecule has 2 aromatic carbocycles. The molecule has 2 saturated heterocycles. The molecule has 2 aliphatic heterocycles. The molecule has 2 aromatic rings. The highest BCUT2D eigenvalue weighted by Crippen LogP contribution is 2.27. The first-order chi connectivity index (χ1) is 14.1. The predicted octanol–water partition coefficient (Wildman–Crippen LogP) is 4.01. The van der Waals surface area contributed by atoms with Gasteiger partial charge in [-0.15, -0.1) is 0 Å². The van der Waals surface area contributed by atoms with E-state index < -0.39 is 0 Å². The van der Waals surface area contributed by atoms with Crippen LogP contribution in [0, 0.1) is 6.92 Å². The van der Waals surface area contributed by atoms with E-state index in [1.807, 2.05) is 24.3 Å². The van der Waals surface area contributed by atoms with E-state index in [4.69, 9.17) is 11.6 Å². The Kier molecular flexibility index (Phi) is 6.26. The zero-order chi connectivity index (χ0) is 20.2. The van der Waals surface area contributed by atoms with Crippen molar-refractivity contribution in [1.29, 1.82) is 0 Å². The van der Waals surface area contributed by atoms with Gasteiger partial charge >= 0.3 is 0 Å². The molecule has 1 amide bonds. The van der Waals surface area contributed by atoms with Crippen LogP contribution < -0.4 is 15.1 Å². The largest absolute Gasteiger partial charge is 0.372 e. The van der Waals surface area contributed by atoms with Gasteiger partial charge in [0.15, 0.2) is 0 Å². The lowest BCUT2D eigenvalue weighted by Gasteiger charge is -2.36. The Balaban J connectivity index is 1.29. The summed E-state index contributed by atoms with van der Waals surface area (Å²) in [5.74, 6) is 0.0493. The molecule has 0 unspecified atom stereocenters. The number of benzene rings is 2. The molecule has 0 spiro atoms. The number of aryl methyl sites for hydroxylation is 1. The van der Waals surface area contributed by atoms with Crippen LogP contribution in [-0.4, -0.2) is 56.6 Å². The fourth-order valence-electron chi connectivity index (χ4n) is 4.21. The summed E-state index contributed by atoms with van der Waals surface area (Å²) in [6, 6.07) is 14.3. The quantitative estimate of drug-likeness (QED) is 0.805. The van der Waals surface area contributed by atoms with Gasteiger partial charge in [0.2, 0.25) is 5.91 Å². The van der Waals surface area contributed by atoms with Gasteiger partial charge in [-0.25, -0.2) is 0 Å². The Labute approximate surface area is 178 Å². The van der Waals surface area contributed by atoms with Crippen molar-refractivity contribution in [2.45, 2.75) is 19.8 Å². The standard InChI is InChI=1S/C23H29ClN4O/c1-18-16-19(27-10-4-5-11-27)8-9-21(18)25-23(29)17-26-12-14-28(15-13-26)22-7-3-2-6-20(22)24/h2-3,6-9,16H,4-5,10-15,17H2,1H3,(H,25,29). The molecule has 5 nitrogen and oxygen atoms in total. The fourth-order valence-corrected chi connectivity index (χ4v) is 4.46. The van der Waals surface area contributed by atoms with E-state index in [0.29, 0.717) is 6.54 Å². The van der Waals surface area contributed by atoms with Crippen molar-refractivity contribution < 1.29 is 4.79 Å². The van der Waals surface area contributed by atoms with Gasteiger partial charge in [-0.2, -0.15) is 0 Å². The summed E-state index contributed by atoms with van der Waals surface area (Å²) < 4.78 is 0. The Morgan fingerprint density at radius 3 is 2.38 bits per heavy atom. The Hall–Kier alpha value is -2.24. The molecule has 4 rings (SSSR count). The Morgan fingerprint density at radius 1 is 0.966 bits per heavy atom. The minimum atomic E-state index is 0.0493. The highest BCUT2D eigenvalue weighted by molar-refractivity contribution is 6.33. The summed E-state index contributed by atoms with van der Waals surface area (Å²) in [4.78, 5) is 19.5. The summed E-state index contributed by atoms with van der Waals surface area (Å²) >= 11 is 6.31. The van der Waals surface area contributed by atoms with Crippen LogP contribution in [0.1, 0.15) is 18.4 Å². The molecule has 0 aromatic heterocycles. The topological polar surface area (TPSA) is 38.8 Å². The van der Waals surface area contributed by atoms with Gasteiger partial charge in [-0.05, 0) is 55.7 Å². The summed E-state index contributed by atoms with van der Waals surface area (Å²) in [5, 5.41) is 3.88. The number of carbonyl (C=O) groups is 1. The summed E-state index contributed by atoms with van der Waals surface area (Å²) in [6.07, 6.45) is 2.53. The zero-order valence-corrected chi connectivity index (χ0v) is 17.8. The first-order valence-corrected chi connectivity index (χ1v) is 10.9. The van der Waals surface area contributed by atoms with E-state index in [0.717, 1.165) is 61.2 Å². The van der Waals surface area contributed by atoms with E-state index in [1.165, 1.54) is 18.5 Å². The molecule has 154 valence electrons. The van der Waals surface area contributed by atoms with Crippen LogP contribution in [-0.2, 0) is 4.79 Å². The first kappa shape index (κ1) is 20.0. The molecular formula is C23H29ClN4O. The lowest BCUT2D eigenvalue weighted by Crippen LogP contribution is -2.48. The molecule has 29 heavy (non-hydrogen) atoms. The molecule has 2 fully saturated rings. The normalized spacial score (nSPS) is 17.6. The minimum absolute atomic E-state index is 0.0493. The van der Waals surface area contributed by atoms with Crippen molar-refractivity contribution in [3.63, 3.8) is 0 Å². The van der Waals surface area contributed by atoms with Crippen LogP contribution >= 0.6 is 11.6 Å². The maximum absolute atomic E-state index is 12.6. The third-order valence-corrected chi connectivity index (χ3v) is 6.21. The number of piperazine rings is 1. The van der Waals surface area contributed by atoms with Crippen LogP contribution in [0.3, 0.4) is 0 Å². The number of amides is 1. The van der Waals surface area contributed by atoms with E-state index in [1.54, 1.807) is 0 Å². The van der Waals surface area contributed by atoms with E-state index in [9.17, 15) is 4.79 Å². The van der Waals surface area contributed by atoms with Crippen LogP contribution in [0.2, 0.25) is 5.02 Å². The maximum Gasteiger partial charge on any atom is 0.238 e. The Bertz CT molecular complexity index is 858. The molecule has 0 atom stereocenters. The van der Waals surface area contributed by atoms with Crippen LogP contribution in [0.5, 0.6) is 0 Å². The lowest BCUT2D eigenvalue weighted by molar-refractivity contribution is -0.117. The number of carbonyl (C=O) groups excluding carboxylic acids is 1. The summed E-state index contributed by atoms with van der Waals surface area (Å²) in [5.41, 5.74) is 4.36. The number of hydrogen-bond acceptors (Lipinski definition) is 4. The number of nitrogens with zero attached hydrogens (tertiary/aromatic N) is 3. The third kappa shape index (κ3) is 4.85. The summed E-state index contributed by atoms with van der Waals surface area (Å²) in [7, 11) is 0.